The molecule has 0 saturated carbocycles. The van der Waals surface area contributed by atoms with E-state index in [9.17, 15) is 8.78 Å². The molecule has 1 N–H and O–H groups in total. The Kier molecular flexibility index (Phi) is 5.76. The lowest BCUT2D eigenvalue weighted by atomic mass is 10.2. The summed E-state index contributed by atoms with van der Waals surface area (Å²) in [5, 5.41) is 3.37. The van der Waals surface area contributed by atoms with Gasteiger partial charge in [-0.3, -0.25) is 0 Å². The van der Waals surface area contributed by atoms with Crippen LogP contribution < -0.4 is 5.32 Å². The molecule has 0 saturated heterocycles. The molecule has 0 radical (unpaired) electrons. The average Bonchev–Trinajstić information content (AvgIpc) is 2.47. The molecule has 0 aromatic heterocycles. The van der Waals surface area contributed by atoms with E-state index in [1.54, 1.807) is 17.8 Å². The highest BCUT2D eigenvalue weighted by Gasteiger charge is 2.03. The van der Waals surface area contributed by atoms with Crippen LogP contribution in [0.3, 0.4) is 0 Å². The second-order valence-electron chi connectivity index (χ2n) is 5.22. The summed E-state index contributed by atoms with van der Waals surface area (Å²) < 4.78 is 26.0. The van der Waals surface area contributed by atoms with Crippen LogP contribution in [0.5, 0.6) is 0 Å². The second-order valence-corrected chi connectivity index (χ2v) is 6.27. The summed E-state index contributed by atoms with van der Waals surface area (Å²) in [7, 11) is 0. The molecule has 4 heteroatoms. The van der Waals surface area contributed by atoms with Gasteiger partial charge in [-0.25, -0.2) is 8.78 Å². The Balaban J connectivity index is 1.89. The fourth-order valence-corrected chi connectivity index (χ4v) is 2.66. The topological polar surface area (TPSA) is 12.0 Å². The Morgan fingerprint density at radius 2 is 1.62 bits per heavy atom. The molecule has 0 heterocycles. The third-order valence-electron chi connectivity index (χ3n) is 3.03. The zero-order chi connectivity index (χ0) is 15.2. The molecule has 2 aromatic rings. The van der Waals surface area contributed by atoms with Gasteiger partial charge in [0, 0.05) is 23.2 Å². The monoisotopic (exact) mass is 307 g/mol. The fourth-order valence-electron chi connectivity index (χ4n) is 1.82. The van der Waals surface area contributed by atoms with Crippen LogP contribution >= 0.6 is 11.8 Å². The van der Waals surface area contributed by atoms with Gasteiger partial charge in [-0.15, -0.1) is 11.8 Å². The molecule has 2 rings (SSSR count). The predicted octanol–water partition coefficient (Wildman–Crippen LogP) is 4.76. The standard InChI is InChI=1S/C17H19F2NS/c1-12(2)20-10-13-3-6-15(7-4-13)21-11-14-5-8-16(18)17(19)9-14/h3-9,12,20H,10-11H2,1-2H3. The van der Waals surface area contributed by atoms with Gasteiger partial charge in [0.2, 0.25) is 0 Å². The van der Waals surface area contributed by atoms with Crippen molar-refractivity contribution in [3.8, 4) is 0 Å². The predicted molar refractivity (Wildman–Crippen MR) is 84.3 cm³/mol. The van der Waals surface area contributed by atoms with E-state index < -0.39 is 11.6 Å². The van der Waals surface area contributed by atoms with Gasteiger partial charge < -0.3 is 5.32 Å². The lowest BCUT2D eigenvalue weighted by Crippen LogP contribution is -2.21. The molecule has 0 aliphatic heterocycles. The molecule has 0 fully saturated rings. The summed E-state index contributed by atoms with van der Waals surface area (Å²) in [6.45, 7) is 5.09. The lowest BCUT2D eigenvalue weighted by Gasteiger charge is -2.08. The van der Waals surface area contributed by atoms with Crippen molar-refractivity contribution in [3.05, 3.63) is 65.2 Å². The lowest BCUT2D eigenvalue weighted by molar-refractivity contribution is 0.507. The number of benzene rings is 2. The molecule has 0 bridgehead atoms. The third kappa shape index (κ3) is 5.14. The van der Waals surface area contributed by atoms with Crippen LogP contribution in [0.25, 0.3) is 0 Å². The summed E-state index contributed by atoms with van der Waals surface area (Å²) in [6.07, 6.45) is 0. The molecule has 0 atom stereocenters. The van der Waals surface area contributed by atoms with Crippen LogP contribution in [0.15, 0.2) is 47.4 Å². The quantitative estimate of drug-likeness (QED) is 0.773. The summed E-state index contributed by atoms with van der Waals surface area (Å²) >= 11 is 1.61. The van der Waals surface area contributed by atoms with Crippen LogP contribution in [0.2, 0.25) is 0 Å². The van der Waals surface area contributed by atoms with Crippen molar-refractivity contribution in [1.29, 1.82) is 0 Å². The number of nitrogens with one attached hydrogen (secondary N) is 1. The molecule has 1 nitrogen and oxygen atoms in total. The third-order valence-corrected chi connectivity index (χ3v) is 4.11. The molecule has 0 aliphatic carbocycles. The number of thioether (sulfide) groups is 1. The molecule has 0 amide bonds. The Labute approximate surface area is 128 Å². The molecular weight excluding hydrogens is 288 g/mol. The maximum atomic E-state index is 13.1. The molecule has 0 spiro atoms. The fraction of sp³-hybridized carbons (Fsp3) is 0.294. The summed E-state index contributed by atoms with van der Waals surface area (Å²) in [4.78, 5) is 1.12. The smallest absolute Gasteiger partial charge is 0.159 e. The van der Waals surface area contributed by atoms with E-state index in [4.69, 9.17) is 0 Å². The van der Waals surface area contributed by atoms with E-state index in [-0.39, 0.29) is 0 Å². The van der Waals surface area contributed by atoms with E-state index in [1.165, 1.54) is 17.7 Å². The van der Waals surface area contributed by atoms with Crippen molar-refractivity contribution >= 4 is 11.8 Å². The van der Waals surface area contributed by atoms with E-state index in [0.29, 0.717) is 11.8 Å². The van der Waals surface area contributed by atoms with Crippen LogP contribution in [0, 0.1) is 11.6 Å². The number of hydrogen-bond donors (Lipinski definition) is 1. The number of halogens is 2. The van der Waals surface area contributed by atoms with Gasteiger partial charge in [0.25, 0.3) is 0 Å². The van der Waals surface area contributed by atoms with Crippen molar-refractivity contribution in [2.75, 3.05) is 0 Å². The Morgan fingerprint density at radius 3 is 2.24 bits per heavy atom. The van der Waals surface area contributed by atoms with Crippen LogP contribution in [-0.2, 0) is 12.3 Å². The minimum Gasteiger partial charge on any atom is -0.310 e. The first-order valence-corrected chi connectivity index (χ1v) is 7.92. The molecular formula is C17H19F2NS. The minimum atomic E-state index is -0.800. The molecule has 0 unspecified atom stereocenters. The largest absolute Gasteiger partial charge is 0.310 e. The maximum absolute atomic E-state index is 13.1. The maximum Gasteiger partial charge on any atom is 0.159 e. The minimum absolute atomic E-state index is 0.465. The first-order chi connectivity index (χ1) is 10.0. The van der Waals surface area contributed by atoms with Crippen molar-refractivity contribution in [3.63, 3.8) is 0 Å². The Bertz CT molecular complexity index is 582. The van der Waals surface area contributed by atoms with Gasteiger partial charge in [-0.2, -0.15) is 0 Å². The molecule has 0 aliphatic rings. The van der Waals surface area contributed by atoms with E-state index in [1.807, 2.05) is 0 Å². The van der Waals surface area contributed by atoms with Crippen molar-refractivity contribution < 1.29 is 8.78 Å². The highest BCUT2D eigenvalue weighted by molar-refractivity contribution is 7.98. The van der Waals surface area contributed by atoms with E-state index in [2.05, 4.69) is 43.4 Å². The van der Waals surface area contributed by atoms with Gasteiger partial charge >= 0.3 is 0 Å². The number of hydrogen-bond acceptors (Lipinski definition) is 2. The van der Waals surface area contributed by atoms with E-state index in [0.717, 1.165) is 17.0 Å². The summed E-state index contributed by atoms with van der Waals surface area (Å²) in [5.74, 6) is -0.963. The highest BCUT2D eigenvalue weighted by Crippen LogP contribution is 2.24. The van der Waals surface area contributed by atoms with Crippen LogP contribution in [0.4, 0.5) is 8.78 Å². The normalized spacial score (nSPS) is 11.1. The first-order valence-electron chi connectivity index (χ1n) is 6.93. The Hall–Kier alpha value is -1.39. The van der Waals surface area contributed by atoms with Crippen molar-refractivity contribution in [1.82, 2.24) is 5.32 Å². The summed E-state index contributed by atoms with van der Waals surface area (Å²) in [6, 6.07) is 12.8. The highest BCUT2D eigenvalue weighted by atomic mass is 32.2. The molecule has 2 aromatic carbocycles. The summed E-state index contributed by atoms with van der Waals surface area (Å²) in [5.41, 5.74) is 2.02. The van der Waals surface area contributed by atoms with Gasteiger partial charge in [0.05, 0.1) is 0 Å². The van der Waals surface area contributed by atoms with Crippen LogP contribution in [0.1, 0.15) is 25.0 Å². The SMILES string of the molecule is CC(C)NCc1ccc(SCc2ccc(F)c(F)c2)cc1. The Morgan fingerprint density at radius 1 is 0.952 bits per heavy atom. The molecule has 21 heavy (non-hydrogen) atoms. The van der Waals surface area contributed by atoms with Gasteiger partial charge in [0.1, 0.15) is 0 Å². The second kappa shape index (κ2) is 7.57. The van der Waals surface area contributed by atoms with Crippen LogP contribution in [-0.4, -0.2) is 6.04 Å². The molecule has 112 valence electrons. The zero-order valence-corrected chi connectivity index (χ0v) is 13.0. The number of rotatable bonds is 6. The first kappa shape index (κ1) is 16.0. The van der Waals surface area contributed by atoms with Crippen molar-refractivity contribution in [2.45, 2.75) is 37.1 Å². The van der Waals surface area contributed by atoms with Gasteiger partial charge in [0.15, 0.2) is 11.6 Å². The van der Waals surface area contributed by atoms with Gasteiger partial charge in [-0.1, -0.05) is 32.0 Å². The average molecular weight is 307 g/mol. The zero-order valence-electron chi connectivity index (χ0n) is 12.2. The van der Waals surface area contributed by atoms with Crippen molar-refractivity contribution in [2.24, 2.45) is 0 Å². The van der Waals surface area contributed by atoms with Gasteiger partial charge in [-0.05, 0) is 35.4 Å². The van der Waals surface area contributed by atoms with E-state index >= 15 is 0 Å².